The molecule has 0 heterocycles. The van der Waals surface area contributed by atoms with E-state index in [1.807, 2.05) is 0 Å². The fourth-order valence-electron chi connectivity index (χ4n) is 3.45. The number of carbonyl (C=O) groups excluding carboxylic acids is 2. The smallest absolute Gasteiger partial charge is 0.271 e. The molecule has 13 heteroatoms. The highest BCUT2D eigenvalue weighted by Crippen LogP contribution is 2.34. The number of anilines is 1. The predicted octanol–water partition coefficient (Wildman–Crippen LogP) is 2.84. The monoisotopic (exact) mass is 538 g/mol. The van der Waals surface area contributed by atoms with Crippen molar-refractivity contribution in [3.05, 3.63) is 64.0 Å². The van der Waals surface area contributed by atoms with Crippen LogP contribution in [0.1, 0.15) is 33.3 Å². The van der Waals surface area contributed by atoms with Crippen molar-refractivity contribution in [1.82, 2.24) is 10.2 Å². The number of hydrogen-bond donors (Lipinski definition) is 1. The van der Waals surface area contributed by atoms with Crippen LogP contribution in [0.2, 0.25) is 0 Å². The lowest BCUT2D eigenvalue weighted by atomic mass is 10.1. The Hall–Kier alpha value is -3.74. The van der Waals surface area contributed by atoms with Crippen molar-refractivity contribution in [3.8, 4) is 5.75 Å². The van der Waals surface area contributed by atoms with E-state index in [1.54, 1.807) is 26.8 Å². The number of nitro benzene ring substituents is 1. The minimum absolute atomic E-state index is 0.0250. The van der Waals surface area contributed by atoms with E-state index in [0.717, 1.165) is 23.3 Å². The highest BCUT2D eigenvalue weighted by Gasteiger charge is 2.33. The number of methoxy groups -OCH3 is 1. The molecule has 2 aromatic carbocycles. The zero-order valence-corrected chi connectivity index (χ0v) is 22.3. The number of nitro groups is 1. The summed E-state index contributed by atoms with van der Waals surface area (Å²) in [5, 5.41) is 14.1. The number of hydrogen-bond acceptors (Lipinski definition) is 7. The molecule has 0 unspecified atom stereocenters. The number of halogens is 1. The number of rotatable bonds is 10. The van der Waals surface area contributed by atoms with Crippen LogP contribution in [0.15, 0.2) is 42.5 Å². The highest BCUT2D eigenvalue weighted by molar-refractivity contribution is 7.92. The number of nitrogens with one attached hydrogen (secondary N) is 1. The Morgan fingerprint density at radius 3 is 2.32 bits per heavy atom. The first-order valence-electron chi connectivity index (χ1n) is 11.2. The molecule has 0 fully saturated rings. The molecule has 1 N–H and O–H groups in total. The van der Waals surface area contributed by atoms with Gasteiger partial charge in [-0.3, -0.25) is 24.0 Å². The average molecular weight is 539 g/mol. The van der Waals surface area contributed by atoms with Gasteiger partial charge in [0, 0.05) is 29.8 Å². The van der Waals surface area contributed by atoms with Gasteiger partial charge in [-0.2, -0.15) is 0 Å². The maximum Gasteiger partial charge on any atom is 0.271 e. The molecule has 2 amide bonds. The molecule has 0 saturated carbocycles. The summed E-state index contributed by atoms with van der Waals surface area (Å²) >= 11 is 0. The Kier molecular flexibility index (Phi) is 9.20. The number of sulfonamides is 1. The number of amides is 2. The first-order chi connectivity index (χ1) is 17.0. The number of nitrogens with zero attached hydrogens (tertiary/aromatic N) is 3. The van der Waals surface area contributed by atoms with Crippen LogP contribution in [-0.4, -0.2) is 61.5 Å². The summed E-state index contributed by atoms with van der Waals surface area (Å²) in [7, 11) is -2.92. The van der Waals surface area contributed by atoms with Crippen molar-refractivity contribution in [3.63, 3.8) is 0 Å². The Bertz CT molecular complexity index is 1280. The number of ether oxygens (including phenoxy) is 1. The van der Waals surface area contributed by atoms with E-state index in [4.69, 9.17) is 4.74 Å². The molecule has 0 saturated heterocycles. The zero-order chi connectivity index (χ0) is 28.1. The van der Waals surface area contributed by atoms with Gasteiger partial charge in [-0.15, -0.1) is 0 Å². The summed E-state index contributed by atoms with van der Waals surface area (Å²) in [6.07, 6.45) is 0.829. The average Bonchev–Trinajstić information content (AvgIpc) is 2.79. The predicted molar refractivity (Wildman–Crippen MR) is 136 cm³/mol. The van der Waals surface area contributed by atoms with Gasteiger partial charge in [0.25, 0.3) is 5.69 Å². The van der Waals surface area contributed by atoms with E-state index in [2.05, 4.69) is 5.32 Å². The van der Waals surface area contributed by atoms with Crippen LogP contribution in [-0.2, 0) is 26.2 Å². The highest BCUT2D eigenvalue weighted by atomic mass is 32.2. The van der Waals surface area contributed by atoms with Crippen molar-refractivity contribution in [1.29, 1.82) is 0 Å². The van der Waals surface area contributed by atoms with Crippen LogP contribution in [0.4, 0.5) is 15.8 Å². The summed E-state index contributed by atoms with van der Waals surface area (Å²) in [4.78, 5) is 38.1. The molecule has 2 rings (SSSR count). The van der Waals surface area contributed by atoms with E-state index < -0.39 is 56.4 Å². The summed E-state index contributed by atoms with van der Waals surface area (Å²) in [6.45, 7) is 5.55. The summed E-state index contributed by atoms with van der Waals surface area (Å²) < 4.78 is 45.8. The second-order valence-corrected chi connectivity index (χ2v) is 11.3. The number of benzene rings is 2. The minimum atomic E-state index is -4.17. The topological polar surface area (TPSA) is 139 Å². The molecule has 0 aliphatic carbocycles. The Morgan fingerprint density at radius 2 is 1.81 bits per heavy atom. The summed E-state index contributed by atoms with van der Waals surface area (Å²) in [6, 6.07) is 7.90. The van der Waals surface area contributed by atoms with Crippen molar-refractivity contribution < 1.29 is 32.1 Å². The maximum atomic E-state index is 14.5. The van der Waals surface area contributed by atoms with Gasteiger partial charge in [-0.1, -0.05) is 18.2 Å². The van der Waals surface area contributed by atoms with Crippen LogP contribution >= 0.6 is 0 Å². The van der Waals surface area contributed by atoms with Gasteiger partial charge >= 0.3 is 0 Å². The fraction of sp³-hybridized carbons (Fsp3) is 0.417. The molecule has 202 valence electrons. The van der Waals surface area contributed by atoms with E-state index in [-0.39, 0.29) is 23.5 Å². The normalized spacial score (nSPS) is 12.4. The van der Waals surface area contributed by atoms with Crippen LogP contribution < -0.4 is 14.4 Å². The van der Waals surface area contributed by atoms with Crippen molar-refractivity contribution in [2.45, 2.75) is 45.8 Å². The Labute approximate surface area is 215 Å². The molecule has 0 aromatic heterocycles. The van der Waals surface area contributed by atoms with Crippen LogP contribution in [0.25, 0.3) is 0 Å². The molecule has 0 bridgehead atoms. The van der Waals surface area contributed by atoms with Gasteiger partial charge in [0.1, 0.15) is 29.8 Å². The van der Waals surface area contributed by atoms with E-state index in [9.17, 15) is 32.5 Å². The SMILES string of the molecule is COc1ccc([N+](=O)[O-])cc1N(CC(=O)N(Cc1ccccc1F)[C@H](C)C(=O)NC(C)(C)C)S(C)(=O)=O. The van der Waals surface area contributed by atoms with Gasteiger partial charge in [0.15, 0.2) is 0 Å². The third-order valence-corrected chi connectivity index (χ3v) is 6.41. The van der Waals surface area contributed by atoms with Gasteiger partial charge in [0.2, 0.25) is 21.8 Å². The quantitative estimate of drug-likeness (QED) is 0.362. The zero-order valence-electron chi connectivity index (χ0n) is 21.5. The largest absolute Gasteiger partial charge is 0.495 e. The van der Waals surface area contributed by atoms with Crippen LogP contribution in [0.3, 0.4) is 0 Å². The van der Waals surface area contributed by atoms with E-state index in [1.165, 1.54) is 38.3 Å². The molecule has 0 spiro atoms. The molecule has 37 heavy (non-hydrogen) atoms. The van der Waals surface area contributed by atoms with E-state index in [0.29, 0.717) is 4.31 Å². The molecule has 11 nitrogen and oxygen atoms in total. The van der Waals surface area contributed by atoms with Gasteiger partial charge in [0.05, 0.1) is 18.3 Å². The Balaban J connectivity index is 2.55. The first kappa shape index (κ1) is 29.5. The van der Waals surface area contributed by atoms with Gasteiger partial charge < -0.3 is 15.0 Å². The lowest BCUT2D eigenvalue weighted by Crippen LogP contribution is -2.54. The molecule has 0 aliphatic heterocycles. The second kappa shape index (κ2) is 11.5. The third-order valence-electron chi connectivity index (χ3n) is 5.29. The van der Waals surface area contributed by atoms with Crippen LogP contribution in [0, 0.1) is 15.9 Å². The van der Waals surface area contributed by atoms with Crippen LogP contribution in [0.5, 0.6) is 5.75 Å². The lowest BCUT2D eigenvalue weighted by molar-refractivity contribution is -0.384. The minimum Gasteiger partial charge on any atom is -0.495 e. The molecule has 2 aromatic rings. The lowest BCUT2D eigenvalue weighted by Gasteiger charge is -2.33. The molecular weight excluding hydrogens is 507 g/mol. The fourth-order valence-corrected chi connectivity index (χ4v) is 4.29. The number of non-ortho nitro benzene ring substituents is 1. The van der Waals surface area contributed by atoms with Crippen molar-refractivity contribution in [2.75, 3.05) is 24.2 Å². The maximum absolute atomic E-state index is 14.5. The second-order valence-electron chi connectivity index (χ2n) is 9.41. The van der Waals surface area contributed by atoms with Crippen molar-refractivity contribution >= 4 is 33.2 Å². The number of carbonyl (C=O) groups is 2. The summed E-state index contributed by atoms with van der Waals surface area (Å²) in [5.41, 5.74) is -1.17. The van der Waals surface area contributed by atoms with E-state index >= 15 is 0 Å². The van der Waals surface area contributed by atoms with Gasteiger partial charge in [-0.25, -0.2) is 12.8 Å². The van der Waals surface area contributed by atoms with Crippen molar-refractivity contribution in [2.24, 2.45) is 0 Å². The molecule has 1 atom stereocenters. The first-order valence-corrected chi connectivity index (χ1v) is 13.0. The molecule has 0 aliphatic rings. The van der Waals surface area contributed by atoms with Gasteiger partial charge in [-0.05, 0) is 39.8 Å². The molecular formula is C24H31FN4O7S. The summed E-state index contributed by atoms with van der Waals surface area (Å²) in [5.74, 6) is -2.00. The molecule has 0 radical (unpaired) electrons. The standard InChI is InChI=1S/C24H31FN4O7S/c1-16(23(31)26-24(2,3)4)27(14-17-9-7-8-10-19(17)25)22(30)15-28(37(6,34)35)20-13-18(29(32)33)11-12-21(20)36-5/h7-13,16H,14-15H2,1-6H3,(H,26,31)/t16-/m1/s1. The third kappa shape index (κ3) is 7.87. The Morgan fingerprint density at radius 1 is 1.19 bits per heavy atom.